The van der Waals surface area contributed by atoms with Crippen LogP contribution < -0.4 is 16.0 Å². The van der Waals surface area contributed by atoms with E-state index in [0.717, 1.165) is 5.69 Å². The SMILES string of the molecule is CO[C@@H]1C[C@H](NC(=O)O)CN(c2ccncc2N)C1. The molecule has 19 heavy (non-hydrogen) atoms. The molecule has 0 radical (unpaired) electrons. The lowest BCUT2D eigenvalue weighted by Crippen LogP contribution is -2.53. The zero-order valence-electron chi connectivity index (χ0n) is 10.7. The molecule has 1 aliphatic rings. The van der Waals surface area contributed by atoms with Crippen LogP contribution >= 0.6 is 0 Å². The summed E-state index contributed by atoms with van der Waals surface area (Å²) < 4.78 is 5.36. The normalized spacial score (nSPS) is 23.1. The number of rotatable bonds is 3. The van der Waals surface area contributed by atoms with E-state index < -0.39 is 6.09 Å². The molecule has 1 aromatic rings. The predicted octanol–water partition coefficient (Wildman–Crippen LogP) is 0.525. The van der Waals surface area contributed by atoms with E-state index in [0.29, 0.717) is 25.2 Å². The monoisotopic (exact) mass is 266 g/mol. The summed E-state index contributed by atoms with van der Waals surface area (Å²) in [6, 6.07) is 1.65. The molecule has 7 nitrogen and oxygen atoms in total. The Morgan fingerprint density at radius 3 is 3.05 bits per heavy atom. The first-order valence-corrected chi connectivity index (χ1v) is 6.07. The fraction of sp³-hybridized carbons (Fsp3) is 0.500. The molecule has 1 saturated heterocycles. The fourth-order valence-electron chi connectivity index (χ4n) is 2.39. The Balaban J connectivity index is 2.15. The van der Waals surface area contributed by atoms with Crippen LogP contribution in [0.1, 0.15) is 6.42 Å². The number of nitrogens with two attached hydrogens (primary N) is 1. The molecule has 0 aromatic carbocycles. The van der Waals surface area contributed by atoms with Crippen molar-refractivity contribution >= 4 is 17.5 Å². The molecule has 0 saturated carbocycles. The van der Waals surface area contributed by atoms with E-state index in [1.807, 2.05) is 11.0 Å². The van der Waals surface area contributed by atoms with Crippen LogP contribution in [0.15, 0.2) is 18.5 Å². The van der Waals surface area contributed by atoms with Crippen molar-refractivity contribution in [2.45, 2.75) is 18.6 Å². The molecule has 2 rings (SSSR count). The second-order valence-corrected chi connectivity index (χ2v) is 4.58. The van der Waals surface area contributed by atoms with E-state index in [9.17, 15) is 4.79 Å². The summed E-state index contributed by atoms with van der Waals surface area (Å²) in [5.41, 5.74) is 7.34. The van der Waals surface area contributed by atoms with Crippen LogP contribution in [-0.4, -0.2) is 48.5 Å². The van der Waals surface area contributed by atoms with Crippen molar-refractivity contribution in [2.75, 3.05) is 30.8 Å². The summed E-state index contributed by atoms with van der Waals surface area (Å²) in [5.74, 6) is 0. The lowest BCUT2D eigenvalue weighted by molar-refractivity contribution is 0.0781. The highest BCUT2D eigenvalue weighted by molar-refractivity contribution is 5.67. The van der Waals surface area contributed by atoms with Gasteiger partial charge in [0.05, 0.1) is 29.7 Å². The van der Waals surface area contributed by atoms with Crippen molar-refractivity contribution in [3.63, 3.8) is 0 Å². The lowest BCUT2D eigenvalue weighted by Gasteiger charge is -2.38. The zero-order valence-corrected chi connectivity index (χ0v) is 10.7. The van der Waals surface area contributed by atoms with Gasteiger partial charge in [0.25, 0.3) is 0 Å². The zero-order chi connectivity index (χ0) is 13.8. The summed E-state index contributed by atoms with van der Waals surface area (Å²) in [6.45, 7) is 1.25. The molecule has 1 aliphatic heterocycles. The van der Waals surface area contributed by atoms with Crippen LogP contribution in [0, 0.1) is 0 Å². The Kier molecular flexibility index (Phi) is 4.06. The van der Waals surface area contributed by atoms with Gasteiger partial charge in [0.2, 0.25) is 0 Å². The third kappa shape index (κ3) is 3.25. The number of ether oxygens (including phenoxy) is 1. The maximum atomic E-state index is 10.8. The van der Waals surface area contributed by atoms with E-state index in [1.165, 1.54) is 0 Å². The second kappa shape index (κ2) is 5.75. The second-order valence-electron chi connectivity index (χ2n) is 4.58. The number of amides is 1. The number of anilines is 2. The summed E-state index contributed by atoms with van der Waals surface area (Å²) in [4.78, 5) is 16.7. The first kappa shape index (κ1) is 13.4. The van der Waals surface area contributed by atoms with Crippen molar-refractivity contribution in [2.24, 2.45) is 0 Å². The van der Waals surface area contributed by atoms with Crippen molar-refractivity contribution < 1.29 is 14.6 Å². The van der Waals surface area contributed by atoms with Gasteiger partial charge in [0.1, 0.15) is 0 Å². The third-order valence-electron chi connectivity index (χ3n) is 3.24. The molecule has 4 N–H and O–H groups in total. The first-order chi connectivity index (χ1) is 9.10. The molecule has 2 atom stereocenters. The Bertz CT molecular complexity index is 454. The van der Waals surface area contributed by atoms with E-state index in [-0.39, 0.29) is 12.1 Å². The van der Waals surface area contributed by atoms with Gasteiger partial charge in [-0.15, -0.1) is 0 Å². The van der Waals surface area contributed by atoms with E-state index in [2.05, 4.69) is 10.3 Å². The fourth-order valence-corrected chi connectivity index (χ4v) is 2.39. The molecule has 0 aliphatic carbocycles. The number of methoxy groups -OCH3 is 1. The van der Waals surface area contributed by atoms with Crippen molar-refractivity contribution in [3.05, 3.63) is 18.5 Å². The van der Waals surface area contributed by atoms with Gasteiger partial charge in [0, 0.05) is 26.4 Å². The average Bonchev–Trinajstić information content (AvgIpc) is 2.38. The van der Waals surface area contributed by atoms with Crippen LogP contribution in [0.3, 0.4) is 0 Å². The molecule has 1 aromatic heterocycles. The van der Waals surface area contributed by atoms with E-state index in [4.69, 9.17) is 15.6 Å². The Hall–Kier alpha value is -2.02. The first-order valence-electron chi connectivity index (χ1n) is 6.07. The minimum absolute atomic E-state index is 0.0295. The average molecular weight is 266 g/mol. The van der Waals surface area contributed by atoms with Gasteiger partial charge in [-0.1, -0.05) is 0 Å². The molecule has 1 fully saturated rings. The summed E-state index contributed by atoms with van der Waals surface area (Å²) >= 11 is 0. The number of nitrogens with one attached hydrogen (secondary N) is 1. The molecular formula is C12H18N4O3. The Labute approximate surface area is 111 Å². The number of pyridine rings is 1. The number of nitrogen functional groups attached to an aromatic ring is 1. The molecule has 1 amide bonds. The largest absolute Gasteiger partial charge is 0.465 e. The number of hydrogen-bond donors (Lipinski definition) is 3. The molecule has 7 heteroatoms. The predicted molar refractivity (Wildman–Crippen MR) is 71.2 cm³/mol. The van der Waals surface area contributed by atoms with Gasteiger partial charge < -0.3 is 25.8 Å². The maximum Gasteiger partial charge on any atom is 0.404 e. The summed E-state index contributed by atoms with van der Waals surface area (Å²) in [7, 11) is 1.63. The van der Waals surface area contributed by atoms with Crippen LogP contribution in [-0.2, 0) is 4.74 Å². The van der Waals surface area contributed by atoms with Crippen molar-refractivity contribution in [3.8, 4) is 0 Å². The summed E-state index contributed by atoms with van der Waals surface area (Å²) in [5, 5.41) is 11.3. The number of carboxylic acid groups (broad SMARTS) is 1. The number of aromatic nitrogens is 1. The van der Waals surface area contributed by atoms with E-state index in [1.54, 1.807) is 19.5 Å². The Morgan fingerprint density at radius 2 is 2.42 bits per heavy atom. The third-order valence-corrected chi connectivity index (χ3v) is 3.24. The lowest BCUT2D eigenvalue weighted by atomic mass is 10.0. The molecular weight excluding hydrogens is 248 g/mol. The molecule has 0 unspecified atom stereocenters. The van der Waals surface area contributed by atoms with E-state index >= 15 is 0 Å². The van der Waals surface area contributed by atoms with Crippen LogP contribution in [0.25, 0.3) is 0 Å². The highest BCUT2D eigenvalue weighted by atomic mass is 16.5. The molecule has 104 valence electrons. The van der Waals surface area contributed by atoms with Crippen molar-refractivity contribution in [1.29, 1.82) is 0 Å². The topological polar surface area (TPSA) is 101 Å². The highest BCUT2D eigenvalue weighted by Crippen LogP contribution is 2.25. The van der Waals surface area contributed by atoms with Gasteiger partial charge in [-0.3, -0.25) is 4.98 Å². The minimum Gasteiger partial charge on any atom is -0.465 e. The van der Waals surface area contributed by atoms with Gasteiger partial charge in [0.15, 0.2) is 0 Å². The van der Waals surface area contributed by atoms with Gasteiger partial charge in [-0.05, 0) is 12.5 Å². The standard InChI is InChI=1S/C12H18N4O3/c1-19-9-4-8(15-12(17)18)6-16(7-9)11-2-3-14-5-10(11)13/h2-3,5,8-9,15H,4,6-7,13H2,1H3,(H,17,18)/t8-,9+/m0/s1. The molecule has 0 spiro atoms. The van der Waals surface area contributed by atoms with Gasteiger partial charge in [-0.25, -0.2) is 4.79 Å². The van der Waals surface area contributed by atoms with Gasteiger partial charge >= 0.3 is 6.09 Å². The quantitative estimate of drug-likeness (QED) is 0.737. The Morgan fingerprint density at radius 1 is 1.63 bits per heavy atom. The highest BCUT2D eigenvalue weighted by Gasteiger charge is 2.29. The van der Waals surface area contributed by atoms with Crippen LogP contribution in [0.4, 0.5) is 16.2 Å². The van der Waals surface area contributed by atoms with Crippen LogP contribution in [0.5, 0.6) is 0 Å². The molecule has 2 heterocycles. The molecule has 0 bridgehead atoms. The summed E-state index contributed by atoms with van der Waals surface area (Å²) in [6.07, 6.45) is 2.86. The number of nitrogens with zero attached hydrogens (tertiary/aromatic N) is 2. The maximum absolute atomic E-state index is 10.8. The smallest absolute Gasteiger partial charge is 0.404 e. The minimum atomic E-state index is -1.02. The number of carbonyl (C=O) groups is 1. The van der Waals surface area contributed by atoms with Crippen molar-refractivity contribution in [1.82, 2.24) is 10.3 Å². The number of piperidine rings is 1. The van der Waals surface area contributed by atoms with Crippen LogP contribution in [0.2, 0.25) is 0 Å². The van der Waals surface area contributed by atoms with Gasteiger partial charge in [-0.2, -0.15) is 0 Å². The number of hydrogen-bond acceptors (Lipinski definition) is 5.